The van der Waals surface area contributed by atoms with Gasteiger partial charge in [0.1, 0.15) is 0 Å². The molecule has 0 radical (unpaired) electrons. The first-order valence-corrected chi connectivity index (χ1v) is 7.73. The Labute approximate surface area is 117 Å². The van der Waals surface area contributed by atoms with Crippen molar-refractivity contribution in [1.29, 1.82) is 0 Å². The standard InChI is InChI=1S/C15H29N3O/c1-5-18(11(2)10-17(3)4)15(19)14-13-8-6-7-12(13)9-16-14/h11-14,16H,5-10H2,1-4H3. The first kappa shape index (κ1) is 14.8. The number of hydrogen-bond donors (Lipinski definition) is 1. The number of amides is 1. The molecule has 1 heterocycles. The molecule has 0 aromatic heterocycles. The van der Waals surface area contributed by atoms with Gasteiger partial charge < -0.3 is 15.1 Å². The summed E-state index contributed by atoms with van der Waals surface area (Å²) in [5, 5.41) is 3.48. The fourth-order valence-corrected chi connectivity index (χ4v) is 3.95. The fourth-order valence-electron chi connectivity index (χ4n) is 3.95. The summed E-state index contributed by atoms with van der Waals surface area (Å²) in [7, 11) is 4.13. The lowest BCUT2D eigenvalue weighted by Gasteiger charge is -2.33. The molecule has 0 aromatic carbocycles. The Bertz CT molecular complexity index is 319. The first-order valence-electron chi connectivity index (χ1n) is 7.73. The zero-order chi connectivity index (χ0) is 14.0. The Balaban J connectivity index is 2.00. The Morgan fingerprint density at radius 1 is 1.37 bits per heavy atom. The molecular weight excluding hydrogens is 238 g/mol. The summed E-state index contributed by atoms with van der Waals surface area (Å²) >= 11 is 0. The maximum absolute atomic E-state index is 12.8. The van der Waals surface area contributed by atoms with Gasteiger partial charge in [-0.3, -0.25) is 4.79 Å². The highest BCUT2D eigenvalue weighted by molar-refractivity contribution is 5.83. The predicted octanol–water partition coefficient (Wildman–Crippen LogP) is 1.17. The molecule has 4 heteroatoms. The van der Waals surface area contributed by atoms with Gasteiger partial charge in [0, 0.05) is 19.1 Å². The van der Waals surface area contributed by atoms with Crippen LogP contribution in [0.15, 0.2) is 0 Å². The zero-order valence-electron chi connectivity index (χ0n) is 12.9. The third kappa shape index (κ3) is 3.11. The third-order valence-corrected chi connectivity index (χ3v) is 4.80. The summed E-state index contributed by atoms with van der Waals surface area (Å²) in [6, 6.07) is 0.367. The summed E-state index contributed by atoms with van der Waals surface area (Å²) in [5.74, 6) is 1.66. The summed E-state index contributed by atoms with van der Waals surface area (Å²) in [5.41, 5.74) is 0. The molecular formula is C15H29N3O. The lowest BCUT2D eigenvalue weighted by atomic mass is 9.93. The second-order valence-electron chi connectivity index (χ2n) is 6.48. The van der Waals surface area contributed by atoms with Gasteiger partial charge in [-0.25, -0.2) is 0 Å². The van der Waals surface area contributed by atoms with Crippen LogP contribution < -0.4 is 5.32 Å². The summed E-state index contributed by atoms with van der Waals surface area (Å²) < 4.78 is 0. The molecule has 1 amide bonds. The first-order chi connectivity index (χ1) is 9.04. The number of nitrogens with zero attached hydrogens (tertiary/aromatic N) is 2. The van der Waals surface area contributed by atoms with E-state index in [1.807, 2.05) is 0 Å². The van der Waals surface area contributed by atoms with Crippen LogP contribution in [-0.4, -0.2) is 61.5 Å². The Morgan fingerprint density at radius 2 is 2.11 bits per heavy atom. The Morgan fingerprint density at radius 3 is 2.74 bits per heavy atom. The maximum Gasteiger partial charge on any atom is 0.240 e. The highest BCUT2D eigenvalue weighted by Gasteiger charge is 2.44. The van der Waals surface area contributed by atoms with Crippen LogP contribution in [0.2, 0.25) is 0 Å². The quantitative estimate of drug-likeness (QED) is 0.812. The van der Waals surface area contributed by atoms with Crippen molar-refractivity contribution in [2.45, 2.75) is 45.2 Å². The minimum atomic E-state index is 0.0806. The fraction of sp³-hybridized carbons (Fsp3) is 0.933. The number of nitrogens with one attached hydrogen (secondary N) is 1. The predicted molar refractivity (Wildman–Crippen MR) is 78.0 cm³/mol. The Kier molecular flexibility index (Phi) is 4.85. The van der Waals surface area contributed by atoms with Gasteiger partial charge in [-0.2, -0.15) is 0 Å². The molecule has 2 fully saturated rings. The minimum Gasteiger partial charge on any atom is -0.338 e. The smallest absolute Gasteiger partial charge is 0.240 e. The molecule has 0 bridgehead atoms. The average Bonchev–Trinajstić information content (AvgIpc) is 2.89. The molecule has 4 atom stereocenters. The summed E-state index contributed by atoms with van der Waals surface area (Å²) in [4.78, 5) is 17.0. The van der Waals surface area contributed by atoms with Crippen molar-refractivity contribution in [1.82, 2.24) is 15.1 Å². The van der Waals surface area contributed by atoms with Crippen molar-refractivity contribution in [3.8, 4) is 0 Å². The molecule has 1 saturated carbocycles. The lowest BCUT2D eigenvalue weighted by molar-refractivity contribution is -0.136. The second kappa shape index (κ2) is 6.23. The summed E-state index contributed by atoms with van der Waals surface area (Å²) in [6.07, 6.45) is 3.84. The van der Waals surface area contributed by atoms with Gasteiger partial charge in [0.05, 0.1) is 6.04 Å². The van der Waals surface area contributed by atoms with Crippen LogP contribution in [0.25, 0.3) is 0 Å². The number of hydrogen-bond acceptors (Lipinski definition) is 3. The van der Waals surface area contributed by atoms with Crippen molar-refractivity contribution in [2.75, 3.05) is 33.7 Å². The average molecular weight is 267 g/mol. The van der Waals surface area contributed by atoms with Crippen LogP contribution >= 0.6 is 0 Å². The van der Waals surface area contributed by atoms with Gasteiger partial charge in [-0.05, 0) is 59.2 Å². The summed E-state index contributed by atoms with van der Waals surface area (Å²) in [6.45, 7) is 7.03. The molecule has 1 saturated heterocycles. The number of rotatable bonds is 5. The zero-order valence-corrected chi connectivity index (χ0v) is 12.9. The third-order valence-electron chi connectivity index (χ3n) is 4.80. The molecule has 19 heavy (non-hydrogen) atoms. The van der Waals surface area contributed by atoms with Gasteiger partial charge in [0.15, 0.2) is 0 Å². The van der Waals surface area contributed by atoms with E-state index in [2.05, 4.69) is 43.1 Å². The van der Waals surface area contributed by atoms with Crippen LogP contribution in [0.5, 0.6) is 0 Å². The van der Waals surface area contributed by atoms with Gasteiger partial charge in [0.2, 0.25) is 5.91 Å². The molecule has 110 valence electrons. The van der Waals surface area contributed by atoms with E-state index in [0.717, 1.165) is 25.6 Å². The van der Waals surface area contributed by atoms with Crippen molar-refractivity contribution >= 4 is 5.91 Å². The van der Waals surface area contributed by atoms with Crippen molar-refractivity contribution in [2.24, 2.45) is 11.8 Å². The molecule has 1 aliphatic heterocycles. The maximum atomic E-state index is 12.8. The normalized spacial score (nSPS) is 31.5. The van der Waals surface area contributed by atoms with Gasteiger partial charge in [-0.15, -0.1) is 0 Å². The topological polar surface area (TPSA) is 35.6 Å². The number of fused-ring (bicyclic) bond motifs is 1. The van der Waals surface area contributed by atoms with Crippen molar-refractivity contribution in [3.63, 3.8) is 0 Å². The number of carbonyl (C=O) groups excluding carboxylic acids is 1. The monoisotopic (exact) mass is 267 g/mol. The van der Waals surface area contributed by atoms with Crippen molar-refractivity contribution in [3.05, 3.63) is 0 Å². The van der Waals surface area contributed by atoms with Crippen LogP contribution in [0, 0.1) is 11.8 Å². The van der Waals surface area contributed by atoms with E-state index in [1.54, 1.807) is 0 Å². The Hall–Kier alpha value is -0.610. The van der Waals surface area contributed by atoms with Crippen LogP contribution in [0.4, 0.5) is 0 Å². The van der Waals surface area contributed by atoms with Crippen LogP contribution in [0.3, 0.4) is 0 Å². The van der Waals surface area contributed by atoms with E-state index >= 15 is 0 Å². The van der Waals surface area contributed by atoms with Crippen molar-refractivity contribution < 1.29 is 4.79 Å². The highest BCUT2D eigenvalue weighted by Crippen LogP contribution is 2.38. The van der Waals surface area contributed by atoms with Crippen LogP contribution in [0.1, 0.15) is 33.1 Å². The largest absolute Gasteiger partial charge is 0.338 e. The molecule has 0 spiro atoms. The van der Waals surface area contributed by atoms with Gasteiger partial charge in [0.25, 0.3) is 0 Å². The molecule has 4 nitrogen and oxygen atoms in total. The minimum absolute atomic E-state index is 0.0806. The SMILES string of the molecule is CCN(C(=O)C1NCC2CCCC21)C(C)CN(C)C. The van der Waals surface area contributed by atoms with E-state index in [1.165, 1.54) is 19.3 Å². The van der Waals surface area contributed by atoms with Gasteiger partial charge in [-0.1, -0.05) is 6.42 Å². The lowest BCUT2D eigenvalue weighted by Crippen LogP contribution is -2.51. The van der Waals surface area contributed by atoms with Gasteiger partial charge >= 0.3 is 0 Å². The van der Waals surface area contributed by atoms with E-state index in [9.17, 15) is 4.79 Å². The number of likely N-dealkylation sites (N-methyl/N-ethyl adjacent to an activating group) is 2. The molecule has 4 unspecified atom stereocenters. The molecule has 1 N–H and O–H groups in total. The van der Waals surface area contributed by atoms with E-state index in [4.69, 9.17) is 0 Å². The van der Waals surface area contributed by atoms with E-state index in [0.29, 0.717) is 11.8 Å². The molecule has 0 aromatic rings. The number of carbonyl (C=O) groups is 1. The van der Waals surface area contributed by atoms with E-state index < -0.39 is 0 Å². The molecule has 2 aliphatic rings. The second-order valence-corrected chi connectivity index (χ2v) is 6.48. The highest BCUT2D eigenvalue weighted by atomic mass is 16.2. The molecule has 2 rings (SSSR count). The molecule has 1 aliphatic carbocycles. The van der Waals surface area contributed by atoms with Crippen LogP contribution in [-0.2, 0) is 4.79 Å². The van der Waals surface area contributed by atoms with E-state index in [-0.39, 0.29) is 12.1 Å².